The lowest BCUT2D eigenvalue weighted by Gasteiger charge is -2.32. The lowest BCUT2D eigenvalue weighted by atomic mass is 10.1. The lowest BCUT2D eigenvalue weighted by Crippen LogP contribution is -2.38. The van der Waals surface area contributed by atoms with Crippen molar-refractivity contribution in [3.63, 3.8) is 0 Å². The molecular formula is C13H21ClN2O. The maximum absolute atomic E-state index is 9.20. The van der Waals surface area contributed by atoms with Crippen LogP contribution < -0.4 is 4.90 Å². The summed E-state index contributed by atoms with van der Waals surface area (Å²) < 4.78 is 0. The molecule has 0 aliphatic heterocycles. The molecule has 1 N–H and O–H groups in total. The Hall–Kier alpha value is -0.800. The minimum Gasteiger partial charge on any atom is -0.395 e. The zero-order valence-corrected chi connectivity index (χ0v) is 11.3. The van der Waals surface area contributed by atoms with Crippen molar-refractivity contribution < 1.29 is 5.11 Å². The summed E-state index contributed by atoms with van der Waals surface area (Å²) in [6, 6.07) is 4.28. The van der Waals surface area contributed by atoms with Gasteiger partial charge in [0.2, 0.25) is 0 Å². The van der Waals surface area contributed by atoms with Crippen LogP contribution >= 0.6 is 11.6 Å². The molecule has 3 nitrogen and oxygen atoms in total. The molecule has 4 heteroatoms. The summed E-state index contributed by atoms with van der Waals surface area (Å²) in [5, 5.41) is 9.20. The number of aliphatic hydroxyl groups excluding tert-OH is 1. The topological polar surface area (TPSA) is 36.4 Å². The van der Waals surface area contributed by atoms with Gasteiger partial charge in [-0.1, -0.05) is 19.9 Å². The van der Waals surface area contributed by atoms with E-state index in [2.05, 4.69) is 23.7 Å². The highest BCUT2D eigenvalue weighted by atomic mass is 35.5. The van der Waals surface area contributed by atoms with Gasteiger partial charge in [0.25, 0.3) is 0 Å². The Labute approximate surface area is 108 Å². The number of nitrogens with zero attached hydrogens (tertiary/aromatic N) is 2. The van der Waals surface area contributed by atoms with Crippen LogP contribution in [-0.2, 0) is 5.88 Å². The number of alkyl halides is 1. The zero-order valence-electron chi connectivity index (χ0n) is 10.6. The Balaban J connectivity index is 3.03. The van der Waals surface area contributed by atoms with Crippen LogP contribution in [0, 0.1) is 0 Å². The molecule has 0 saturated carbocycles. The van der Waals surface area contributed by atoms with E-state index in [1.54, 1.807) is 6.20 Å². The number of hydrogen-bond acceptors (Lipinski definition) is 3. The van der Waals surface area contributed by atoms with E-state index in [-0.39, 0.29) is 6.61 Å². The molecule has 1 aromatic rings. The fraction of sp³-hybridized carbons (Fsp3) is 0.615. The van der Waals surface area contributed by atoms with Crippen molar-refractivity contribution in [3.8, 4) is 0 Å². The van der Waals surface area contributed by atoms with E-state index in [9.17, 15) is 5.11 Å². The maximum atomic E-state index is 9.20. The fourth-order valence-electron chi connectivity index (χ4n) is 2.09. The minimum atomic E-state index is 0.134. The van der Waals surface area contributed by atoms with E-state index >= 15 is 0 Å². The van der Waals surface area contributed by atoms with Gasteiger partial charge in [-0.05, 0) is 18.9 Å². The smallest absolute Gasteiger partial charge is 0.133 e. The first-order chi connectivity index (χ1) is 8.28. The first kappa shape index (κ1) is 14.3. The molecule has 0 fully saturated rings. The van der Waals surface area contributed by atoms with E-state index in [0.29, 0.717) is 18.5 Å². The number of anilines is 1. The molecule has 0 radical (unpaired) electrons. The molecule has 1 aromatic heterocycles. The molecule has 17 heavy (non-hydrogen) atoms. The van der Waals surface area contributed by atoms with Gasteiger partial charge < -0.3 is 10.0 Å². The molecule has 0 aliphatic carbocycles. The van der Waals surface area contributed by atoms with Crippen molar-refractivity contribution in [1.82, 2.24) is 4.98 Å². The molecule has 1 rings (SSSR count). The average molecular weight is 257 g/mol. The third-order valence-electron chi connectivity index (χ3n) is 3.01. The highest BCUT2D eigenvalue weighted by Crippen LogP contribution is 2.23. The van der Waals surface area contributed by atoms with E-state index in [4.69, 9.17) is 11.6 Å². The highest BCUT2D eigenvalue weighted by molar-refractivity contribution is 6.17. The van der Waals surface area contributed by atoms with Crippen LogP contribution in [0.4, 0.5) is 5.82 Å². The van der Waals surface area contributed by atoms with Crippen LogP contribution in [0.15, 0.2) is 18.3 Å². The van der Waals surface area contributed by atoms with E-state index in [0.717, 1.165) is 24.2 Å². The molecule has 96 valence electrons. The summed E-state index contributed by atoms with van der Waals surface area (Å²) in [4.78, 5) is 6.58. The predicted molar refractivity (Wildman–Crippen MR) is 72.6 cm³/mol. The standard InChI is InChI=1S/C13H21ClN2O/c1-3-12(4-2)16(8-9-17)13-11(10-14)6-5-7-15-13/h5-7,12,17H,3-4,8-10H2,1-2H3. The Kier molecular flexibility index (Phi) is 6.30. The quantitative estimate of drug-likeness (QED) is 0.762. The van der Waals surface area contributed by atoms with Gasteiger partial charge >= 0.3 is 0 Å². The van der Waals surface area contributed by atoms with Crippen LogP contribution in [0.1, 0.15) is 32.3 Å². The SMILES string of the molecule is CCC(CC)N(CCO)c1ncccc1CCl. The molecule has 0 aliphatic rings. The second-order valence-corrected chi connectivity index (χ2v) is 4.27. The third-order valence-corrected chi connectivity index (χ3v) is 3.30. The summed E-state index contributed by atoms with van der Waals surface area (Å²) in [6.45, 7) is 5.05. The van der Waals surface area contributed by atoms with E-state index in [1.165, 1.54) is 0 Å². The van der Waals surface area contributed by atoms with Crippen molar-refractivity contribution in [2.24, 2.45) is 0 Å². The molecule has 0 amide bonds. The van der Waals surface area contributed by atoms with Crippen molar-refractivity contribution in [2.45, 2.75) is 38.6 Å². The van der Waals surface area contributed by atoms with Gasteiger partial charge in [0.15, 0.2) is 0 Å². The van der Waals surface area contributed by atoms with Crippen molar-refractivity contribution >= 4 is 17.4 Å². The molecular weight excluding hydrogens is 236 g/mol. The van der Waals surface area contributed by atoms with Gasteiger partial charge in [-0.2, -0.15) is 0 Å². The van der Waals surface area contributed by atoms with Gasteiger partial charge in [-0.3, -0.25) is 0 Å². The molecule has 0 unspecified atom stereocenters. The number of hydrogen-bond donors (Lipinski definition) is 1. The second-order valence-electron chi connectivity index (χ2n) is 4.01. The summed E-state index contributed by atoms with van der Waals surface area (Å²) in [5.41, 5.74) is 1.02. The van der Waals surface area contributed by atoms with Gasteiger partial charge in [-0.25, -0.2) is 4.98 Å². The van der Waals surface area contributed by atoms with Crippen molar-refractivity contribution in [1.29, 1.82) is 0 Å². The Bertz CT molecular complexity index is 329. The third kappa shape index (κ3) is 3.58. The summed E-state index contributed by atoms with van der Waals surface area (Å²) in [6.07, 6.45) is 3.85. The van der Waals surface area contributed by atoms with Gasteiger partial charge in [-0.15, -0.1) is 11.6 Å². The average Bonchev–Trinajstić information content (AvgIpc) is 2.39. The molecule has 0 spiro atoms. The van der Waals surface area contributed by atoms with Gasteiger partial charge in [0, 0.05) is 24.3 Å². The van der Waals surface area contributed by atoms with Crippen LogP contribution in [0.3, 0.4) is 0 Å². The molecule has 0 saturated heterocycles. The number of rotatable bonds is 7. The van der Waals surface area contributed by atoms with Crippen LogP contribution in [-0.4, -0.2) is 29.3 Å². The Morgan fingerprint density at radius 1 is 1.41 bits per heavy atom. The van der Waals surface area contributed by atoms with Gasteiger partial charge in [0.05, 0.1) is 12.5 Å². The number of aliphatic hydroxyl groups is 1. The normalized spacial score (nSPS) is 10.9. The van der Waals surface area contributed by atoms with Crippen molar-refractivity contribution in [3.05, 3.63) is 23.9 Å². The van der Waals surface area contributed by atoms with E-state index in [1.807, 2.05) is 12.1 Å². The molecule has 0 aromatic carbocycles. The van der Waals surface area contributed by atoms with Gasteiger partial charge in [0.1, 0.15) is 5.82 Å². The van der Waals surface area contributed by atoms with E-state index < -0.39 is 0 Å². The summed E-state index contributed by atoms with van der Waals surface area (Å²) in [7, 11) is 0. The Morgan fingerprint density at radius 3 is 2.65 bits per heavy atom. The highest BCUT2D eigenvalue weighted by Gasteiger charge is 2.18. The molecule has 0 atom stereocenters. The summed E-state index contributed by atoms with van der Waals surface area (Å²) >= 11 is 5.94. The number of halogens is 1. The maximum Gasteiger partial charge on any atom is 0.133 e. The number of pyridine rings is 1. The molecule has 0 bridgehead atoms. The van der Waals surface area contributed by atoms with Crippen LogP contribution in [0.2, 0.25) is 0 Å². The Morgan fingerprint density at radius 2 is 2.12 bits per heavy atom. The monoisotopic (exact) mass is 256 g/mol. The van der Waals surface area contributed by atoms with Crippen molar-refractivity contribution in [2.75, 3.05) is 18.1 Å². The first-order valence-corrected chi connectivity index (χ1v) is 6.69. The second kappa shape index (κ2) is 7.51. The summed E-state index contributed by atoms with van der Waals surface area (Å²) in [5.74, 6) is 1.36. The molecule has 1 heterocycles. The zero-order chi connectivity index (χ0) is 12.7. The minimum absolute atomic E-state index is 0.134. The number of aromatic nitrogens is 1. The first-order valence-electron chi connectivity index (χ1n) is 6.15. The largest absolute Gasteiger partial charge is 0.395 e. The van der Waals surface area contributed by atoms with Crippen LogP contribution in [0.5, 0.6) is 0 Å². The van der Waals surface area contributed by atoms with Crippen LogP contribution in [0.25, 0.3) is 0 Å². The fourth-order valence-corrected chi connectivity index (χ4v) is 2.30. The predicted octanol–water partition coefficient (Wildman–Crippen LogP) is 2.81. The lowest BCUT2D eigenvalue weighted by molar-refractivity contribution is 0.295.